The zero-order chi connectivity index (χ0) is 19.4. The molecule has 1 fully saturated rings. The third-order valence-corrected chi connectivity index (χ3v) is 4.54. The third-order valence-electron chi connectivity index (χ3n) is 4.31. The molecule has 0 radical (unpaired) electrons. The van der Waals surface area contributed by atoms with Crippen molar-refractivity contribution < 1.29 is 14.3 Å². The number of halogens is 1. The van der Waals surface area contributed by atoms with Crippen LogP contribution in [-0.2, 0) is 4.79 Å². The predicted molar refractivity (Wildman–Crippen MR) is 101 cm³/mol. The molecule has 0 spiro atoms. The molecule has 0 saturated carbocycles. The second-order valence-corrected chi connectivity index (χ2v) is 6.49. The minimum absolute atomic E-state index is 0.0220. The summed E-state index contributed by atoms with van der Waals surface area (Å²) in [6, 6.07) is 5.19. The highest BCUT2D eigenvalue weighted by Gasteiger charge is 2.24. The van der Waals surface area contributed by atoms with Gasteiger partial charge in [-0.25, -0.2) is 9.97 Å². The van der Waals surface area contributed by atoms with Crippen LogP contribution >= 0.6 is 11.6 Å². The number of ether oxygens (including phenoxy) is 1. The van der Waals surface area contributed by atoms with Gasteiger partial charge in [-0.05, 0) is 18.2 Å². The molecule has 27 heavy (non-hydrogen) atoms. The van der Waals surface area contributed by atoms with Crippen LogP contribution in [0.15, 0.2) is 30.6 Å². The Morgan fingerprint density at radius 1 is 1.11 bits per heavy atom. The van der Waals surface area contributed by atoms with Gasteiger partial charge in [-0.3, -0.25) is 9.59 Å². The maximum Gasteiger partial charge on any atom is 0.274 e. The minimum atomic E-state index is -0.197. The van der Waals surface area contributed by atoms with E-state index in [2.05, 4.69) is 15.3 Å². The summed E-state index contributed by atoms with van der Waals surface area (Å²) in [5, 5.41) is 3.63. The Morgan fingerprint density at radius 2 is 1.81 bits per heavy atom. The molecule has 8 nitrogen and oxygen atoms in total. The zero-order valence-electron chi connectivity index (χ0n) is 15.1. The smallest absolute Gasteiger partial charge is 0.274 e. The number of nitrogens with zero attached hydrogens (tertiary/aromatic N) is 4. The molecule has 1 aromatic carbocycles. The highest BCUT2D eigenvalue weighted by Crippen LogP contribution is 2.29. The molecule has 0 bridgehead atoms. The summed E-state index contributed by atoms with van der Waals surface area (Å²) in [5.41, 5.74) is 0.911. The topological polar surface area (TPSA) is 87.7 Å². The fourth-order valence-corrected chi connectivity index (χ4v) is 2.98. The van der Waals surface area contributed by atoms with Gasteiger partial charge in [0.2, 0.25) is 5.91 Å². The van der Waals surface area contributed by atoms with E-state index in [0.29, 0.717) is 48.5 Å². The molecule has 1 aromatic heterocycles. The van der Waals surface area contributed by atoms with Crippen LogP contribution in [-0.4, -0.2) is 64.9 Å². The van der Waals surface area contributed by atoms with E-state index in [4.69, 9.17) is 16.3 Å². The second-order valence-electron chi connectivity index (χ2n) is 6.05. The molecule has 9 heteroatoms. The summed E-state index contributed by atoms with van der Waals surface area (Å²) in [5.74, 6) is 0.907. The Bertz CT molecular complexity index is 835. The number of benzene rings is 1. The molecular weight excluding hydrogens is 370 g/mol. The number of anilines is 2. The summed E-state index contributed by atoms with van der Waals surface area (Å²) >= 11 is 6.02. The molecule has 1 aliphatic heterocycles. The van der Waals surface area contributed by atoms with Crippen LogP contribution < -0.4 is 10.1 Å². The fraction of sp³-hybridized carbons (Fsp3) is 0.333. The molecule has 0 atom stereocenters. The first-order valence-corrected chi connectivity index (χ1v) is 8.83. The molecular formula is C18H20ClN5O3. The van der Waals surface area contributed by atoms with Crippen molar-refractivity contribution in [3.05, 3.63) is 41.3 Å². The highest BCUT2D eigenvalue weighted by molar-refractivity contribution is 6.31. The zero-order valence-corrected chi connectivity index (χ0v) is 15.9. The largest absolute Gasteiger partial charge is 0.495 e. The molecule has 2 aromatic rings. The van der Waals surface area contributed by atoms with Crippen molar-refractivity contribution in [2.75, 3.05) is 38.6 Å². The summed E-state index contributed by atoms with van der Waals surface area (Å²) < 4.78 is 5.28. The van der Waals surface area contributed by atoms with E-state index < -0.39 is 0 Å². The van der Waals surface area contributed by atoms with E-state index in [0.717, 1.165) is 0 Å². The number of nitrogens with one attached hydrogen (secondary N) is 1. The number of piperazine rings is 1. The molecule has 0 unspecified atom stereocenters. The third kappa shape index (κ3) is 4.46. The first kappa shape index (κ1) is 18.9. The normalized spacial score (nSPS) is 14.0. The van der Waals surface area contributed by atoms with Crippen LogP contribution in [0.3, 0.4) is 0 Å². The number of hydrogen-bond acceptors (Lipinski definition) is 6. The number of carbonyl (C=O) groups excluding carboxylic acids is 2. The first-order chi connectivity index (χ1) is 13.0. The lowest BCUT2D eigenvalue weighted by Gasteiger charge is -2.33. The lowest BCUT2D eigenvalue weighted by atomic mass is 10.2. The van der Waals surface area contributed by atoms with Crippen molar-refractivity contribution in [2.45, 2.75) is 6.92 Å². The van der Waals surface area contributed by atoms with E-state index in [-0.39, 0.29) is 17.5 Å². The van der Waals surface area contributed by atoms with Crippen LogP contribution in [0.2, 0.25) is 5.02 Å². The molecule has 142 valence electrons. The maximum atomic E-state index is 12.6. The van der Waals surface area contributed by atoms with Crippen LogP contribution in [0, 0.1) is 0 Å². The number of aromatic nitrogens is 2. The first-order valence-electron chi connectivity index (χ1n) is 8.45. The molecule has 2 amide bonds. The summed E-state index contributed by atoms with van der Waals surface area (Å²) in [7, 11) is 1.56. The van der Waals surface area contributed by atoms with Crippen LogP contribution in [0.4, 0.5) is 11.5 Å². The molecule has 3 rings (SSSR count). The minimum Gasteiger partial charge on any atom is -0.495 e. The Hall–Kier alpha value is -2.87. The second kappa shape index (κ2) is 8.22. The lowest BCUT2D eigenvalue weighted by Crippen LogP contribution is -2.50. The van der Waals surface area contributed by atoms with E-state index >= 15 is 0 Å². The SMILES string of the molecule is COc1ccc(Cl)cc1Nc1cnc(C(=O)N2CCN(C(C)=O)CC2)cn1. The number of rotatable bonds is 4. The number of hydrogen-bond donors (Lipinski definition) is 1. The van der Waals surface area contributed by atoms with Gasteiger partial charge in [-0.2, -0.15) is 0 Å². The van der Waals surface area contributed by atoms with Gasteiger partial charge in [0.1, 0.15) is 17.3 Å². The van der Waals surface area contributed by atoms with Gasteiger partial charge in [0.25, 0.3) is 5.91 Å². The van der Waals surface area contributed by atoms with E-state index in [9.17, 15) is 9.59 Å². The number of carbonyl (C=O) groups is 2. The number of amides is 2. The molecule has 1 N–H and O–H groups in total. The average Bonchev–Trinajstić information content (AvgIpc) is 2.68. The van der Waals surface area contributed by atoms with Crippen molar-refractivity contribution in [1.82, 2.24) is 19.8 Å². The number of methoxy groups -OCH3 is 1. The predicted octanol–water partition coefficient (Wildman–Crippen LogP) is 2.19. The van der Waals surface area contributed by atoms with Crippen molar-refractivity contribution in [3.8, 4) is 5.75 Å². The van der Waals surface area contributed by atoms with Crippen molar-refractivity contribution in [1.29, 1.82) is 0 Å². The summed E-state index contributed by atoms with van der Waals surface area (Å²) in [6.45, 7) is 3.56. The Kier molecular flexibility index (Phi) is 5.75. The van der Waals surface area contributed by atoms with Gasteiger partial charge in [0, 0.05) is 38.1 Å². The van der Waals surface area contributed by atoms with E-state index in [1.54, 1.807) is 35.1 Å². The van der Waals surface area contributed by atoms with Crippen LogP contribution in [0.1, 0.15) is 17.4 Å². The van der Waals surface area contributed by atoms with Gasteiger partial charge >= 0.3 is 0 Å². The summed E-state index contributed by atoms with van der Waals surface area (Å²) in [6.07, 6.45) is 2.92. The van der Waals surface area contributed by atoms with Gasteiger partial charge in [0.05, 0.1) is 25.2 Å². The monoisotopic (exact) mass is 389 g/mol. The molecule has 1 aliphatic rings. The van der Waals surface area contributed by atoms with Crippen molar-refractivity contribution >= 4 is 34.9 Å². The van der Waals surface area contributed by atoms with Crippen molar-refractivity contribution in [3.63, 3.8) is 0 Å². The summed E-state index contributed by atoms with van der Waals surface area (Å²) in [4.78, 5) is 35.8. The molecule has 0 aliphatic carbocycles. The quantitative estimate of drug-likeness (QED) is 0.862. The Morgan fingerprint density at radius 3 is 2.41 bits per heavy atom. The maximum absolute atomic E-state index is 12.6. The van der Waals surface area contributed by atoms with Gasteiger partial charge in [-0.1, -0.05) is 11.6 Å². The van der Waals surface area contributed by atoms with Crippen LogP contribution in [0.5, 0.6) is 5.75 Å². The Balaban J connectivity index is 1.66. The van der Waals surface area contributed by atoms with Gasteiger partial charge in [-0.15, -0.1) is 0 Å². The van der Waals surface area contributed by atoms with Gasteiger partial charge < -0.3 is 19.9 Å². The standard InChI is InChI=1S/C18H20ClN5O3/c1-12(25)23-5-7-24(8-6-23)18(26)15-10-21-17(11-20-15)22-14-9-13(19)3-4-16(14)27-2/h3-4,9-11H,5-8H2,1-2H3,(H,21,22). The Labute approximate surface area is 162 Å². The average molecular weight is 390 g/mol. The van der Waals surface area contributed by atoms with E-state index in [1.807, 2.05) is 0 Å². The fourth-order valence-electron chi connectivity index (χ4n) is 2.81. The van der Waals surface area contributed by atoms with Crippen molar-refractivity contribution in [2.24, 2.45) is 0 Å². The van der Waals surface area contributed by atoms with E-state index in [1.165, 1.54) is 19.3 Å². The molecule has 1 saturated heterocycles. The lowest BCUT2D eigenvalue weighted by molar-refractivity contribution is -0.130. The van der Waals surface area contributed by atoms with Gasteiger partial charge in [0.15, 0.2) is 0 Å². The van der Waals surface area contributed by atoms with Crippen LogP contribution in [0.25, 0.3) is 0 Å². The molecule has 2 heterocycles. The highest BCUT2D eigenvalue weighted by atomic mass is 35.5.